The van der Waals surface area contributed by atoms with Crippen LogP contribution in [0.4, 0.5) is 0 Å². The zero-order valence-electron chi connectivity index (χ0n) is 15.0. The molecule has 0 spiro atoms. The molecular weight excluding hydrogens is 324 g/mol. The van der Waals surface area contributed by atoms with Gasteiger partial charge in [-0.3, -0.25) is 9.89 Å². The second-order valence-electron chi connectivity index (χ2n) is 6.20. The van der Waals surface area contributed by atoms with E-state index in [4.69, 9.17) is 0 Å². The molecule has 0 aliphatic rings. The Bertz CT molecular complexity index is 842. The number of aromatic amines is 1. The molecule has 0 atom stereocenters. The molecule has 2 aromatic carbocycles. The minimum Gasteiger partial charge on any atom is -0.352 e. The van der Waals surface area contributed by atoms with Gasteiger partial charge in [-0.25, -0.2) is 0 Å². The minimum atomic E-state index is -0.0186. The minimum absolute atomic E-state index is 0.0186. The van der Waals surface area contributed by atoms with Gasteiger partial charge in [0.2, 0.25) is 0 Å². The summed E-state index contributed by atoms with van der Waals surface area (Å²) >= 11 is 0. The van der Waals surface area contributed by atoms with Crippen LogP contribution in [0.15, 0.2) is 60.8 Å². The van der Waals surface area contributed by atoms with Crippen LogP contribution in [-0.4, -0.2) is 22.6 Å². The quantitative estimate of drug-likeness (QED) is 0.583. The van der Waals surface area contributed by atoms with Gasteiger partial charge in [0.05, 0.1) is 11.9 Å². The highest BCUT2D eigenvalue weighted by Gasteiger charge is 2.08. The largest absolute Gasteiger partial charge is 0.352 e. The van der Waals surface area contributed by atoms with Crippen molar-refractivity contribution in [2.75, 3.05) is 6.54 Å². The number of nitrogens with zero attached hydrogens (tertiary/aromatic N) is 1. The number of nitrogens with one attached hydrogen (secondary N) is 3. The Hall–Kier alpha value is -2.92. The second kappa shape index (κ2) is 8.97. The van der Waals surface area contributed by atoms with E-state index in [1.54, 1.807) is 0 Å². The number of hydrogen-bond donors (Lipinski definition) is 3. The highest BCUT2D eigenvalue weighted by atomic mass is 16.1. The summed E-state index contributed by atoms with van der Waals surface area (Å²) in [5, 5.41) is 13.6. The molecule has 0 radical (unpaired) electrons. The summed E-state index contributed by atoms with van der Waals surface area (Å²) in [7, 11) is 0. The lowest BCUT2D eigenvalue weighted by atomic mass is 10.1. The highest BCUT2D eigenvalue weighted by molar-refractivity contribution is 5.94. The van der Waals surface area contributed by atoms with Crippen LogP contribution in [-0.2, 0) is 13.1 Å². The summed E-state index contributed by atoms with van der Waals surface area (Å²) < 4.78 is 0. The van der Waals surface area contributed by atoms with Crippen molar-refractivity contribution in [3.8, 4) is 11.3 Å². The van der Waals surface area contributed by atoms with E-state index < -0.39 is 0 Å². The molecule has 3 rings (SSSR count). The van der Waals surface area contributed by atoms with E-state index in [2.05, 4.69) is 33.0 Å². The van der Waals surface area contributed by atoms with Gasteiger partial charge >= 0.3 is 0 Å². The summed E-state index contributed by atoms with van der Waals surface area (Å²) in [6.07, 6.45) is 2.78. The van der Waals surface area contributed by atoms with Gasteiger partial charge in [0, 0.05) is 30.8 Å². The maximum absolute atomic E-state index is 12.1. The van der Waals surface area contributed by atoms with Gasteiger partial charge in [-0.1, -0.05) is 49.4 Å². The molecule has 1 aromatic heterocycles. The highest BCUT2D eigenvalue weighted by Crippen LogP contribution is 2.20. The molecule has 3 aromatic rings. The van der Waals surface area contributed by atoms with Crippen molar-refractivity contribution in [2.24, 2.45) is 0 Å². The Morgan fingerprint density at radius 3 is 2.73 bits per heavy atom. The molecule has 0 aliphatic carbocycles. The number of rotatable bonds is 8. The third-order valence-corrected chi connectivity index (χ3v) is 4.15. The van der Waals surface area contributed by atoms with Gasteiger partial charge in [0.25, 0.3) is 5.91 Å². The zero-order valence-corrected chi connectivity index (χ0v) is 15.0. The summed E-state index contributed by atoms with van der Waals surface area (Å²) in [5.74, 6) is -0.0186. The molecule has 0 fully saturated rings. The Morgan fingerprint density at radius 1 is 1.08 bits per heavy atom. The topological polar surface area (TPSA) is 69.8 Å². The lowest BCUT2D eigenvalue weighted by molar-refractivity contribution is 0.0953. The van der Waals surface area contributed by atoms with Crippen LogP contribution in [0.1, 0.15) is 34.8 Å². The van der Waals surface area contributed by atoms with E-state index in [1.807, 2.05) is 55.6 Å². The molecule has 0 unspecified atom stereocenters. The third kappa shape index (κ3) is 4.58. The number of aromatic nitrogens is 2. The first kappa shape index (κ1) is 17.9. The number of carbonyl (C=O) groups excluding carboxylic acids is 1. The van der Waals surface area contributed by atoms with Crippen LogP contribution < -0.4 is 10.6 Å². The van der Waals surface area contributed by atoms with Gasteiger partial charge in [0.1, 0.15) is 0 Å². The average molecular weight is 348 g/mol. The molecule has 0 saturated heterocycles. The van der Waals surface area contributed by atoms with Gasteiger partial charge in [-0.2, -0.15) is 5.10 Å². The first-order valence-corrected chi connectivity index (χ1v) is 8.93. The molecule has 1 heterocycles. The lowest BCUT2D eigenvalue weighted by Crippen LogP contribution is -2.24. The fourth-order valence-electron chi connectivity index (χ4n) is 2.80. The van der Waals surface area contributed by atoms with E-state index >= 15 is 0 Å². The van der Waals surface area contributed by atoms with Crippen molar-refractivity contribution in [1.82, 2.24) is 20.8 Å². The molecule has 0 aliphatic heterocycles. The Balaban J connectivity index is 1.59. The van der Waals surface area contributed by atoms with Gasteiger partial charge in [0.15, 0.2) is 0 Å². The normalized spacial score (nSPS) is 10.7. The molecule has 1 amide bonds. The van der Waals surface area contributed by atoms with Crippen molar-refractivity contribution in [3.05, 3.63) is 77.5 Å². The second-order valence-corrected chi connectivity index (χ2v) is 6.20. The number of hydrogen-bond acceptors (Lipinski definition) is 3. The molecule has 5 nitrogen and oxygen atoms in total. The standard InChI is InChI=1S/C21H24N4O/c1-2-11-23-21(26)18-10-6-7-16(12-18)13-22-14-19-15-24-25-20(19)17-8-4-3-5-9-17/h3-10,12,15,22H,2,11,13-14H2,1H3,(H,23,26)(H,24,25). The van der Waals surface area contributed by atoms with Crippen LogP contribution in [0.3, 0.4) is 0 Å². The maximum atomic E-state index is 12.1. The van der Waals surface area contributed by atoms with E-state index in [9.17, 15) is 4.79 Å². The summed E-state index contributed by atoms with van der Waals surface area (Å²) in [5.41, 5.74) is 5.06. The van der Waals surface area contributed by atoms with Gasteiger partial charge < -0.3 is 10.6 Å². The number of benzene rings is 2. The zero-order chi connectivity index (χ0) is 18.2. The number of H-pyrrole nitrogens is 1. The van der Waals surface area contributed by atoms with Crippen LogP contribution in [0.25, 0.3) is 11.3 Å². The van der Waals surface area contributed by atoms with E-state index in [0.29, 0.717) is 25.2 Å². The van der Waals surface area contributed by atoms with Crippen molar-refractivity contribution in [1.29, 1.82) is 0 Å². The van der Waals surface area contributed by atoms with Crippen LogP contribution in [0, 0.1) is 0 Å². The Kier molecular flexibility index (Phi) is 6.17. The molecule has 0 bridgehead atoms. The fraction of sp³-hybridized carbons (Fsp3) is 0.238. The van der Waals surface area contributed by atoms with E-state index in [1.165, 1.54) is 0 Å². The molecule has 26 heavy (non-hydrogen) atoms. The number of amides is 1. The molecular formula is C21H24N4O. The van der Waals surface area contributed by atoms with E-state index in [0.717, 1.165) is 28.8 Å². The molecule has 3 N–H and O–H groups in total. The van der Waals surface area contributed by atoms with Gasteiger partial charge in [-0.05, 0) is 29.7 Å². The SMILES string of the molecule is CCCNC(=O)c1cccc(CNCc2cn[nH]c2-c2ccccc2)c1. The molecule has 5 heteroatoms. The van der Waals surface area contributed by atoms with Gasteiger partial charge in [-0.15, -0.1) is 0 Å². The molecule has 134 valence electrons. The van der Waals surface area contributed by atoms with Crippen molar-refractivity contribution >= 4 is 5.91 Å². The fourth-order valence-corrected chi connectivity index (χ4v) is 2.80. The first-order chi connectivity index (χ1) is 12.8. The Morgan fingerprint density at radius 2 is 1.92 bits per heavy atom. The summed E-state index contributed by atoms with van der Waals surface area (Å²) in [6, 6.07) is 17.9. The Labute approximate surface area is 153 Å². The third-order valence-electron chi connectivity index (χ3n) is 4.15. The van der Waals surface area contributed by atoms with Crippen molar-refractivity contribution in [2.45, 2.75) is 26.4 Å². The van der Waals surface area contributed by atoms with Crippen LogP contribution in [0.5, 0.6) is 0 Å². The van der Waals surface area contributed by atoms with Crippen LogP contribution >= 0.6 is 0 Å². The lowest BCUT2D eigenvalue weighted by Gasteiger charge is -2.08. The monoisotopic (exact) mass is 348 g/mol. The summed E-state index contributed by atoms with van der Waals surface area (Å²) in [6.45, 7) is 4.13. The summed E-state index contributed by atoms with van der Waals surface area (Å²) in [4.78, 5) is 12.1. The first-order valence-electron chi connectivity index (χ1n) is 8.93. The predicted molar refractivity (Wildman–Crippen MR) is 104 cm³/mol. The maximum Gasteiger partial charge on any atom is 0.251 e. The average Bonchev–Trinajstić information content (AvgIpc) is 3.15. The van der Waals surface area contributed by atoms with Crippen molar-refractivity contribution in [3.63, 3.8) is 0 Å². The number of carbonyl (C=O) groups is 1. The van der Waals surface area contributed by atoms with E-state index in [-0.39, 0.29) is 5.91 Å². The smallest absolute Gasteiger partial charge is 0.251 e. The predicted octanol–water partition coefficient (Wildman–Crippen LogP) is 3.51. The molecule has 0 saturated carbocycles. The van der Waals surface area contributed by atoms with Crippen molar-refractivity contribution < 1.29 is 4.79 Å². The van der Waals surface area contributed by atoms with Crippen LogP contribution in [0.2, 0.25) is 0 Å².